The maximum atomic E-state index is 12.1. The van der Waals surface area contributed by atoms with Gasteiger partial charge in [0.2, 0.25) is 5.82 Å². The summed E-state index contributed by atoms with van der Waals surface area (Å²) in [5.41, 5.74) is 1.74. The number of halogens is 1. The number of hydrogen-bond acceptors (Lipinski definition) is 6. The Bertz CT molecular complexity index is 976. The zero-order chi connectivity index (χ0) is 21.5. The maximum Gasteiger partial charge on any atom is 0.411 e. The minimum Gasteiger partial charge on any atom is -0.447 e. The van der Waals surface area contributed by atoms with Crippen LogP contribution in [0.1, 0.15) is 17.4 Å². The van der Waals surface area contributed by atoms with Crippen LogP contribution in [0.2, 0.25) is 5.02 Å². The molecule has 4 rings (SSSR count). The fourth-order valence-corrected chi connectivity index (χ4v) is 3.75. The number of nitrogens with one attached hydrogen (secondary N) is 2. The van der Waals surface area contributed by atoms with E-state index in [1.807, 2.05) is 18.2 Å². The molecule has 0 spiro atoms. The lowest BCUT2D eigenvalue weighted by molar-refractivity contribution is -0.933. The summed E-state index contributed by atoms with van der Waals surface area (Å²) in [7, 11) is 0. The van der Waals surface area contributed by atoms with Crippen LogP contribution in [0.5, 0.6) is 0 Å². The van der Waals surface area contributed by atoms with Crippen LogP contribution >= 0.6 is 11.6 Å². The third-order valence-electron chi connectivity index (χ3n) is 5.12. The molecule has 162 valence electrons. The van der Waals surface area contributed by atoms with Gasteiger partial charge in [-0.05, 0) is 34.7 Å². The summed E-state index contributed by atoms with van der Waals surface area (Å²) in [4.78, 5) is 13.4. The molecule has 1 atom stereocenters. The Hall–Kier alpha value is -3.01. The van der Waals surface area contributed by atoms with Crippen LogP contribution in [-0.2, 0) is 16.0 Å². The molecule has 2 aromatic carbocycles. The summed E-state index contributed by atoms with van der Waals surface area (Å²) in [6.45, 7) is 3.63. The predicted octanol–water partition coefficient (Wildman–Crippen LogP) is 1.58. The number of hydrogen-bond donors (Lipinski definition) is 2. The average molecular weight is 444 g/mol. The van der Waals surface area contributed by atoms with E-state index in [2.05, 4.69) is 33.0 Å². The lowest BCUT2D eigenvalue weighted by Crippen LogP contribution is -3.14. The molecule has 10 heteroatoms. The lowest BCUT2D eigenvalue weighted by atomic mass is 10.0. The predicted molar refractivity (Wildman–Crippen MR) is 114 cm³/mol. The number of rotatable bonds is 7. The van der Waals surface area contributed by atoms with Crippen molar-refractivity contribution >= 4 is 23.4 Å². The number of carbonyl (C=O) groups excluding carboxylic acids is 1. The standard InChI is InChI=1S/C21H23ClN6O3/c22-17-6-8-18(9-7-17)23-21(29)31-15-12-28-20(24-25-26-28)19(16-4-2-1-3-5-16)27-10-13-30-14-11-27/h1-9,19H,10-15H2,(H,23,29)/p+1/t19-/m1/s1. The van der Waals surface area contributed by atoms with Crippen molar-refractivity contribution in [3.63, 3.8) is 0 Å². The number of ether oxygens (including phenoxy) is 2. The number of tetrazole rings is 1. The monoisotopic (exact) mass is 443 g/mol. The van der Waals surface area contributed by atoms with Crippen LogP contribution < -0.4 is 10.2 Å². The van der Waals surface area contributed by atoms with Crippen molar-refractivity contribution in [3.8, 4) is 0 Å². The molecule has 1 aliphatic rings. The first kappa shape index (κ1) is 21.2. The molecule has 2 heterocycles. The van der Waals surface area contributed by atoms with Crippen LogP contribution in [0, 0.1) is 0 Å². The molecule has 31 heavy (non-hydrogen) atoms. The zero-order valence-corrected chi connectivity index (χ0v) is 17.7. The minimum atomic E-state index is -0.546. The third kappa shape index (κ3) is 5.57. The van der Waals surface area contributed by atoms with E-state index in [1.54, 1.807) is 28.9 Å². The molecule has 1 fully saturated rings. The van der Waals surface area contributed by atoms with Gasteiger partial charge in [-0.2, -0.15) is 0 Å². The van der Waals surface area contributed by atoms with Gasteiger partial charge in [-0.3, -0.25) is 5.32 Å². The largest absolute Gasteiger partial charge is 0.447 e. The van der Waals surface area contributed by atoms with Crippen molar-refractivity contribution in [3.05, 3.63) is 71.0 Å². The van der Waals surface area contributed by atoms with Crippen LogP contribution in [0.15, 0.2) is 54.6 Å². The van der Waals surface area contributed by atoms with E-state index in [-0.39, 0.29) is 12.6 Å². The van der Waals surface area contributed by atoms with E-state index in [1.165, 1.54) is 4.90 Å². The van der Waals surface area contributed by atoms with Crippen molar-refractivity contribution in [2.75, 3.05) is 38.2 Å². The van der Waals surface area contributed by atoms with Crippen molar-refractivity contribution < 1.29 is 19.2 Å². The lowest BCUT2D eigenvalue weighted by Gasteiger charge is -2.30. The van der Waals surface area contributed by atoms with Crippen molar-refractivity contribution in [1.82, 2.24) is 20.2 Å². The Balaban J connectivity index is 1.41. The number of quaternary nitrogens is 1. The van der Waals surface area contributed by atoms with Crippen LogP contribution in [0.4, 0.5) is 10.5 Å². The smallest absolute Gasteiger partial charge is 0.411 e. The summed E-state index contributed by atoms with van der Waals surface area (Å²) in [5.74, 6) is 0.741. The van der Waals surface area contributed by atoms with Crippen LogP contribution in [0.3, 0.4) is 0 Å². The fourth-order valence-electron chi connectivity index (χ4n) is 3.62. The number of amides is 1. The summed E-state index contributed by atoms with van der Waals surface area (Å²) >= 11 is 5.86. The van der Waals surface area contributed by atoms with E-state index in [0.29, 0.717) is 30.5 Å². The summed E-state index contributed by atoms with van der Waals surface area (Å²) < 4.78 is 12.5. The van der Waals surface area contributed by atoms with E-state index in [0.717, 1.165) is 24.5 Å². The molecule has 9 nitrogen and oxygen atoms in total. The quantitative estimate of drug-likeness (QED) is 0.575. The number of anilines is 1. The molecule has 0 aliphatic carbocycles. The first-order valence-electron chi connectivity index (χ1n) is 10.1. The second-order valence-corrected chi connectivity index (χ2v) is 7.58. The Morgan fingerprint density at radius 1 is 1.16 bits per heavy atom. The summed E-state index contributed by atoms with van der Waals surface area (Å²) in [6, 6.07) is 17.0. The van der Waals surface area contributed by atoms with Crippen molar-refractivity contribution in [2.45, 2.75) is 12.6 Å². The molecule has 0 saturated carbocycles. The molecule has 1 aliphatic heterocycles. The molecule has 1 saturated heterocycles. The van der Waals surface area contributed by atoms with E-state index in [4.69, 9.17) is 21.1 Å². The maximum absolute atomic E-state index is 12.1. The number of carbonyl (C=O) groups is 1. The van der Waals surface area contributed by atoms with Crippen molar-refractivity contribution in [1.29, 1.82) is 0 Å². The van der Waals surface area contributed by atoms with Gasteiger partial charge in [0.25, 0.3) is 0 Å². The van der Waals surface area contributed by atoms with Gasteiger partial charge in [-0.25, -0.2) is 9.48 Å². The Labute approximate surface area is 184 Å². The van der Waals surface area contributed by atoms with Crippen LogP contribution in [-0.4, -0.2) is 59.2 Å². The Morgan fingerprint density at radius 2 is 1.90 bits per heavy atom. The van der Waals surface area contributed by atoms with Gasteiger partial charge in [0.05, 0.1) is 19.8 Å². The number of benzene rings is 2. The molecule has 3 aromatic rings. The molecule has 2 N–H and O–H groups in total. The average Bonchev–Trinajstić information content (AvgIpc) is 3.25. The highest BCUT2D eigenvalue weighted by atomic mass is 35.5. The van der Waals surface area contributed by atoms with Gasteiger partial charge < -0.3 is 14.4 Å². The molecule has 0 bridgehead atoms. The van der Waals surface area contributed by atoms with Gasteiger partial charge in [0, 0.05) is 16.3 Å². The summed E-state index contributed by atoms with van der Waals surface area (Å²) in [6.07, 6.45) is -0.546. The molecule has 0 unspecified atom stereocenters. The molecular formula is C21H24ClN6O3+. The van der Waals surface area contributed by atoms with Crippen LogP contribution in [0.25, 0.3) is 0 Å². The number of nitrogens with zero attached hydrogens (tertiary/aromatic N) is 4. The van der Waals surface area contributed by atoms with Gasteiger partial charge in [0.15, 0.2) is 6.04 Å². The van der Waals surface area contributed by atoms with Gasteiger partial charge >= 0.3 is 6.09 Å². The van der Waals surface area contributed by atoms with Gasteiger partial charge in [-0.1, -0.05) is 41.9 Å². The minimum absolute atomic E-state index is 0.0250. The highest BCUT2D eigenvalue weighted by molar-refractivity contribution is 6.30. The van der Waals surface area contributed by atoms with Gasteiger partial charge in [-0.15, -0.1) is 5.10 Å². The first-order chi connectivity index (χ1) is 15.2. The zero-order valence-electron chi connectivity index (χ0n) is 16.9. The number of aromatic nitrogens is 4. The van der Waals surface area contributed by atoms with E-state index < -0.39 is 6.09 Å². The third-order valence-corrected chi connectivity index (χ3v) is 5.37. The molecule has 1 amide bonds. The normalized spacial score (nSPS) is 15.4. The Morgan fingerprint density at radius 3 is 2.65 bits per heavy atom. The van der Waals surface area contributed by atoms with Gasteiger partial charge in [0.1, 0.15) is 19.7 Å². The molecule has 0 radical (unpaired) electrons. The first-order valence-corrected chi connectivity index (χ1v) is 10.5. The van der Waals surface area contributed by atoms with Crippen molar-refractivity contribution in [2.24, 2.45) is 0 Å². The fraction of sp³-hybridized carbons (Fsp3) is 0.333. The molecular weight excluding hydrogens is 420 g/mol. The Kier molecular flexibility index (Phi) is 7.08. The highest BCUT2D eigenvalue weighted by Crippen LogP contribution is 2.17. The summed E-state index contributed by atoms with van der Waals surface area (Å²) in [5, 5.41) is 15.6. The van der Waals surface area contributed by atoms with E-state index in [9.17, 15) is 4.79 Å². The van der Waals surface area contributed by atoms with E-state index >= 15 is 0 Å². The number of morpholine rings is 1. The SMILES string of the molecule is O=C(Nc1ccc(Cl)cc1)OCCn1nnnc1[C@@H](c1ccccc1)[NH+]1CCOCC1. The highest BCUT2D eigenvalue weighted by Gasteiger charge is 2.32. The topological polar surface area (TPSA) is 95.6 Å². The second kappa shape index (κ2) is 10.3. The second-order valence-electron chi connectivity index (χ2n) is 7.14. The molecule has 1 aromatic heterocycles.